The Morgan fingerprint density at radius 3 is 2.33 bits per heavy atom. The molecule has 0 aliphatic carbocycles. The van der Waals surface area contributed by atoms with Gasteiger partial charge in [-0.15, -0.1) is 0 Å². The van der Waals surface area contributed by atoms with Crippen LogP contribution in [0.4, 0.5) is 4.39 Å². The van der Waals surface area contributed by atoms with Gasteiger partial charge in [0.15, 0.2) is 0 Å². The Kier molecular flexibility index (Phi) is 4.28. The van der Waals surface area contributed by atoms with E-state index in [1.807, 2.05) is 6.07 Å². The molecular weight excluding hydrogens is 340 g/mol. The van der Waals surface area contributed by atoms with Crippen molar-refractivity contribution in [1.82, 2.24) is 0 Å². The van der Waals surface area contributed by atoms with Crippen LogP contribution >= 0.6 is 39.1 Å². The van der Waals surface area contributed by atoms with E-state index in [0.29, 0.717) is 21.2 Å². The van der Waals surface area contributed by atoms with E-state index in [9.17, 15) is 4.39 Å². The molecule has 1 atom stereocenters. The maximum Gasteiger partial charge on any atom is 0.129 e. The lowest BCUT2D eigenvalue weighted by Crippen LogP contribution is -2.14. The highest BCUT2D eigenvalue weighted by Gasteiger charge is 2.16. The maximum atomic E-state index is 13.8. The molecule has 0 heterocycles. The van der Waals surface area contributed by atoms with Crippen molar-refractivity contribution in [3.05, 3.63) is 67.9 Å². The molecular formula is C13H9BrCl2FN. The van der Waals surface area contributed by atoms with E-state index in [0.717, 1.165) is 4.47 Å². The van der Waals surface area contributed by atoms with E-state index in [2.05, 4.69) is 15.9 Å². The lowest BCUT2D eigenvalue weighted by atomic mass is 9.99. The summed E-state index contributed by atoms with van der Waals surface area (Å²) >= 11 is 15.1. The molecule has 5 heteroatoms. The van der Waals surface area contributed by atoms with Crippen LogP contribution in [0.15, 0.2) is 40.9 Å². The van der Waals surface area contributed by atoms with Crippen molar-refractivity contribution in [1.29, 1.82) is 0 Å². The molecule has 0 fully saturated rings. The molecule has 0 aliphatic rings. The summed E-state index contributed by atoms with van der Waals surface area (Å²) in [5, 5.41) is 0.830. The first-order valence-corrected chi connectivity index (χ1v) is 6.69. The highest BCUT2D eigenvalue weighted by Crippen LogP contribution is 2.30. The van der Waals surface area contributed by atoms with Crippen LogP contribution in [0.5, 0.6) is 0 Å². The van der Waals surface area contributed by atoms with Gasteiger partial charge < -0.3 is 5.73 Å². The molecule has 2 aromatic rings. The molecule has 0 radical (unpaired) electrons. The average Bonchev–Trinajstić information content (AvgIpc) is 2.28. The summed E-state index contributed by atoms with van der Waals surface area (Å²) in [6, 6.07) is 9.10. The number of hydrogen-bond acceptors (Lipinski definition) is 1. The van der Waals surface area contributed by atoms with E-state index >= 15 is 0 Å². The lowest BCUT2D eigenvalue weighted by molar-refractivity contribution is 0.600. The summed E-state index contributed by atoms with van der Waals surface area (Å²) in [7, 11) is 0. The van der Waals surface area contributed by atoms with Crippen LogP contribution in [-0.4, -0.2) is 0 Å². The maximum absolute atomic E-state index is 13.8. The van der Waals surface area contributed by atoms with Crippen molar-refractivity contribution in [2.24, 2.45) is 5.73 Å². The average molecular weight is 349 g/mol. The third-order valence-electron chi connectivity index (χ3n) is 2.60. The first kappa shape index (κ1) is 13.8. The van der Waals surface area contributed by atoms with Crippen LogP contribution in [0.1, 0.15) is 17.2 Å². The molecule has 1 unspecified atom stereocenters. The summed E-state index contributed by atoms with van der Waals surface area (Å²) in [5.74, 6) is -0.436. The Balaban J connectivity index is 2.44. The first-order valence-electron chi connectivity index (χ1n) is 5.14. The monoisotopic (exact) mass is 347 g/mol. The fraction of sp³-hybridized carbons (Fsp3) is 0.0769. The number of nitrogens with two attached hydrogens (primary N) is 1. The summed E-state index contributed by atoms with van der Waals surface area (Å²) in [6.45, 7) is 0. The summed E-state index contributed by atoms with van der Waals surface area (Å²) in [5.41, 5.74) is 7.07. The van der Waals surface area contributed by atoms with Crippen molar-refractivity contribution >= 4 is 39.1 Å². The van der Waals surface area contributed by atoms with Gasteiger partial charge in [-0.2, -0.15) is 0 Å². The minimum absolute atomic E-state index is 0.338. The van der Waals surface area contributed by atoms with Crippen molar-refractivity contribution in [3.8, 4) is 0 Å². The fourth-order valence-corrected chi connectivity index (χ4v) is 2.62. The molecule has 0 saturated carbocycles. The third-order valence-corrected chi connectivity index (χ3v) is 3.65. The van der Waals surface area contributed by atoms with Gasteiger partial charge in [-0.05, 0) is 29.8 Å². The Bertz CT molecular complexity index is 538. The number of halogens is 4. The molecule has 2 aromatic carbocycles. The molecule has 18 heavy (non-hydrogen) atoms. The van der Waals surface area contributed by atoms with Crippen molar-refractivity contribution in [3.63, 3.8) is 0 Å². The number of benzene rings is 2. The summed E-state index contributed by atoms with van der Waals surface area (Å²) in [6.07, 6.45) is 0. The van der Waals surface area contributed by atoms with E-state index in [1.54, 1.807) is 24.3 Å². The Labute approximate surface area is 123 Å². The van der Waals surface area contributed by atoms with Crippen molar-refractivity contribution < 1.29 is 4.39 Å². The van der Waals surface area contributed by atoms with E-state index in [-0.39, 0.29) is 0 Å². The van der Waals surface area contributed by atoms with Gasteiger partial charge in [-0.3, -0.25) is 0 Å². The zero-order chi connectivity index (χ0) is 13.3. The zero-order valence-corrected chi connectivity index (χ0v) is 12.2. The zero-order valence-electron chi connectivity index (χ0n) is 9.13. The van der Waals surface area contributed by atoms with Crippen LogP contribution in [0, 0.1) is 5.82 Å². The minimum atomic E-state index is -0.622. The second-order valence-corrected chi connectivity index (χ2v) is 5.57. The molecule has 0 aliphatic heterocycles. The molecule has 0 amide bonds. The van der Waals surface area contributed by atoms with Gasteiger partial charge in [0.2, 0.25) is 0 Å². The topological polar surface area (TPSA) is 26.0 Å². The fourth-order valence-electron chi connectivity index (χ4n) is 1.67. The molecule has 0 bridgehead atoms. The quantitative estimate of drug-likeness (QED) is 0.816. The smallest absolute Gasteiger partial charge is 0.129 e. The number of hydrogen-bond donors (Lipinski definition) is 1. The molecule has 0 saturated heterocycles. The minimum Gasteiger partial charge on any atom is -0.320 e. The second kappa shape index (κ2) is 5.57. The molecule has 0 spiro atoms. The van der Waals surface area contributed by atoms with Gasteiger partial charge in [0.25, 0.3) is 0 Å². The molecule has 2 rings (SSSR count). The molecule has 2 N–H and O–H groups in total. The first-order chi connectivity index (χ1) is 8.49. The van der Waals surface area contributed by atoms with E-state index < -0.39 is 11.9 Å². The van der Waals surface area contributed by atoms with E-state index in [4.69, 9.17) is 28.9 Å². The van der Waals surface area contributed by atoms with Gasteiger partial charge in [0, 0.05) is 20.1 Å². The van der Waals surface area contributed by atoms with Gasteiger partial charge in [-0.1, -0.05) is 51.3 Å². The lowest BCUT2D eigenvalue weighted by Gasteiger charge is -2.15. The SMILES string of the molecule is NC(c1ccc(Cl)cc1F)c1ccc(Br)cc1Cl. The predicted octanol–water partition coefficient (Wildman–Crippen LogP) is 4.94. The molecule has 94 valence electrons. The van der Waals surface area contributed by atoms with Gasteiger partial charge in [-0.25, -0.2) is 4.39 Å². The Morgan fingerprint density at radius 2 is 1.72 bits per heavy atom. The molecule has 1 nitrogen and oxygen atoms in total. The van der Waals surface area contributed by atoms with Crippen LogP contribution < -0.4 is 5.73 Å². The second-order valence-electron chi connectivity index (χ2n) is 3.81. The van der Waals surface area contributed by atoms with Gasteiger partial charge >= 0.3 is 0 Å². The van der Waals surface area contributed by atoms with Crippen LogP contribution in [0.2, 0.25) is 10.0 Å². The largest absolute Gasteiger partial charge is 0.320 e. The predicted molar refractivity (Wildman–Crippen MR) is 76.6 cm³/mol. The highest BCUT2D eigenvalue weighted by molar-refractivity contribution is 9.10. The van der Waals surface area contributed by atoms with Crippen molar-refractivity contribution in [2.75, 3.05) is 0 Å². The van der Waals surface area contributed by atoms with E-state index in [1.165, 1.54) is 6.07 Å². The van der Waals surface area contributed by atoms with Gasteiger partial charge in [0.1, 0.15) is 5.82 Å². The summed E-state index contributed by atoms with van der Waals surface area (Å²) < 4.78 is 14.6. The Hall–Kier alpha value is -0.610. The van der Waals surface area contributed by atoms with Crippen molar-refractivity contribution in [2.45, 2.75) is 6.04 Å². The summed E-state index contributed by atoms with van der Waals surface area (Å²) in [4.78, 5) is 0. The molecule has 0 aromatic heterocycles. The number of rotatable bonds is 2. The third kappa shape index (κ3) is 2.86. The van der Waals surface area contributed by atoms with Crippen LogP contribution in [0.3, 0.4) is 0 Å². The van der Waals surface area contributed by atoms with Crippen LogP contribution in [0.25, 0.3) is 0 Å². The highest BCUT2D eigenvalue weighted by atomic mass is 79.9. The van der Waals surface area contributed by atoms with Crippen LogP contribution in [-0.2, 0) is 0 Å². The Morgan fingerprint density at radius 1 is 1.06 bits per heavy atom. The normalized spacial score (nSPS) is 12.5. The standard InChI is InChI=1S/C13H9BrCl2FN/c14-7-1-3-9(11(16)5-7)13(18)10-4-2-8(15)6-12(10)17/h1-6,13H,18H2. The van der Waals surface area contributed by atoms with Gasteiger partial charge in [0.05, 0.1) is 6.04 Å².